The Morgan fingerprint density at radius 2 is 2.17 bits per heavy atom. The van der Waals surface area contributed by atoms with Crippen LogP contribution in [0.4, 0.5) is 5.69 Å². The maximum atomic E-state index is 11.7. The zero-order chi connectivity index (χ0) is 17.0. The predicted octanol–water partition coefficient (Wildman–Crippen LogP) is 4.67. The smallest absolute Gasteiger partial charge is 0.349 e. The molecule has 1 aromatic heterocycles. The van der Waals surface area contributed by atoms with E-state index in [1.807, 2.05) is 18.2 Å². The molecule has 0 atom stereocenters. The first-order valence-electron chi connectivity index (χ1n) is 7.27. The van der Waals surface area contributed by atoms with E-state index >= 15 is 0 Å². The Labute approximate surface area is 150 Å². The Kier molecular flexibility index (Phi) is 6.21. The minimum atomic E-state index is -0.420. The van der Waals surface area contributed by atoms with Gasteiger partial charge in [-0.2, -0.15) is 0 Å². The number of benzene rings is 1. The van der Waals surface area contributed by atoms with Crippen molar-refractivity contribution in [1.82, 2.24) is 5.32 Å². The highest BCUT2D eigenvalue weighted by molar-refractivity contribution is 7.80. The highest BCUT2D eigenvalue weighted by Gasteiger charge is 2.17. The van der Waals surface area contributed by atoms with Gasteiger partial charge in [0.2, 0.25) is 0 Å². The van der Waals surface area contributed by atoms with Gasteiger partial charge in [-0.05, 0) is 42.8 Å². The summed E-state index contributed by atoms with van der Waals surface area (Å²) >= 11 is 12.8. The largest absolute Gasteiger partial charge is 0.465 e. The fraction of sp³-hybridized carbons (Fsp3) is 0.375. The highest BCUT2D eigenvalue weighted by atomic mass is 35.5. The van der Waals surface area contributed by atoms with Crippen LogP contribution in [0.1, 0.15) is 29.9 Å². The molecule has 0 unspecified atom stereocenters. The van der Waals surface area contributed by atoms with Crippen molar-refractivity contribution in [3.8, 4) is 0 Å². The summed E-state index contributed by atoms with van der Waals surface area (Å²) in [4.78, 5) is 12.1. The molecular formula is C16H19ClN2O2S2. The van der Waals surface area contributed by atoms with Gasteiger partial charge in [-0.3, -0.25) is 0 Å². The lowest BCUT2D eigenvalue weighted by Crippen LogP contribution is -2.29. The highest BCUT2D eigenvalue weighted by Crippen LogP contribution is 2.37. The fourth-order valence-electron chi connectivity index (χ4n) is 2.02. The lowest BCUT2D eigenvalue weighted by molar-refractivity contribution is 0.0606. The van der Waals surface area contributed by atoms with Gasteiger partial charge < -0.3 is 15.4 Å². The molecule has 0 fully saturated rings. The third-order valence-corrected chi connectivity index (χ3v) is 5.15. The number of esters is 1. The number of thiophene rings is 1. The van der Waals surface area contributed by atoms with Gasteiger partial charge in [0.25, 0.3) is 0 Å². The number of anilines is 1. The van der Waals surface area contributed by atoms with Crippen molar-refractivity contribution >= 4 is 62.0 Å². The number of hydrogen-bond donors (Lipinski definition) is 2. The minimum absolute atomic E-state index is 0.416. The molecule has 0 amide bonds. The second kappa shape index (κ2) is 7.95. The summed E-state index contributed by atoms with van der Waals surface area (Å²) in [5, 5.41) is 8.18. The first kappa shape index (κ1) is 18.0. The molecule has 0 aliphatic heterocycles. The SMILES string of the molecule is COC(=O)c1sc2cc(NC(=S)NCCC(C)C)ccc2c1Cl. The number of thiocarbonyl (C=S) groups is 1. The van der Waals surface area contributed by atoms with Gasteiger partial charge in [0, 0.05) is 22.3 Å². The topological polar surface area (TPSA) is 50.4 Å². The first-order valence-corrected chi connectivity index (χ1v) is 8.88. The van der Waals surface area contributed by atoms with Crippen LogP contribution in [0.5, 0.6) is 0 Å². The number of hydrogen-bond acceptors (Lipinski definition) is 4. The van der Waals surface area contributed by atoms with E-state index in [9.17, 15) is 4.79 Å². The van der Waals surface area contributed by atoms with Crippen LogP contribution in [0.15, 0.2) is 18.2 Å². The maximum absolute atomic E-state index is 11.7. The third kappa shape index (κ3) is 4.56. The molecule has 124 valence electrons. The van der Waals surface area contributed by atoms with Crippen molar-refractivity contribution in [2.45, 2.75) is 20.3 Å². The van der Waals surface area contributed by atoms with Gasteiger partial charge in [0.15, 0.2) is 5.11 Å². The molecule has 0 radical (unpaired) electrons. The standard InChI is InChI=1S/C16H19ClN2O2S2/c1-9(2)6-7-18-16(22)19-10-4-5-11-12(8-10)23-14(13(11)17)15(20)21-3/h4-5,8-9H,6-7H2,1-3H3,(H2,18,19,22). The number of rotatable bonds is 5. The van der Waals surface area contributed by atoms with Crippen molar-refractivity contribution in [2.24, 2.45) is 5.92 Å². The van der Waals surface area contributed by atoms with E-state index in [0.29, 0.717) is 20.9 Å². The fourth-order valence-corrected chi connectivity index (χ4v) is 3.70. The van der Waals surface area contributed by atoms with Gasteiger partial charge >= 0.3 is 5.97 Å². The van der Waals surface area contributed by atoms with Crippen LogP contribution in [0.25, 0.3) is 10.1 Å². The minimum Gasteiger partial charge on any atom is -0.465 e. The van der Waals surface area contributed by atoms with Gasteiger partial charge in [-0.1, -0.05) is 25.4 Å². The number of methoxy groups -OCH3 is 1. The molecule has 0 saturated heterocycles. The molecule has 7 heteroatoms. The van der Waals surface area contributed by atoms with Crippen LogP contribution in [-0.4, -0.2) is 24.7 Å². The molecule has 0 aliphatic rings. The van der Waals surface area contributed by atoms with Crippen LogP contribution in [0, 0.1) is 5.92 Å². The van der Waals surface area contributed by atoms with Crippen LogP contribution in [-0.2, 0) is 4.74 Å². The number of fused-ring (bicyclic) bond motifs is 1. The summed E-state index contributed by atoms with van der Waals surface area (Å²) in [5.41, 5.74) is 0.855. The normalized spacial score (nSPS) is 10.8. The number of nitrogens with one attached hydrogen (secondary N) is 2. The molecule has 2 aromatic rings. The summed E-state index contributed by atoms with van der Waals surface area (Å²) in [6.07, 6.45) is 1.06. The second-order valence-electron chi connectivity index (χ2n) is 5.51. The molecule has 4 nitrogen and oxygen atoms in total. The van der Waals surface area contributed by atoms with E-state index in [1.165, 1.54) is 18.4 Å². The van der Waals surface area contributed by atoms with Crippen molar-refractivity contribution in [3.63, 3.8) is 0 Å². The molecule has 2 N–H and O–H groups in total. The molecule has 1 heterocycles. The zero-order valence-electron chi connectivity index (χ0n) is 13.2. The van der Waals surface area contributed by atoms with E-state index < -0.39 is 5.97 Å². The van der Waals surface area contributed by atoms with Gasteiger partial charge in [0.1, 0.15) is 4.88 Å². The van der Waals surface area contributed by atoms with E-state index in [4.69, 9.17) is 28.6 Å². The quantitative estimate of drug-likeness (QED) is 0.591. The Hall–Kier alpha value is -1.37. The second-order valence-corrected chi connectivity index (χ2v) is 7.35. The number of carbonyl (C=O) groups excluding carboxylic acids is 1. The van der Waals surface area contributed by atoms with Crippen LogP contribution >= 0.6 is 35.2 Å². The van der Waals surface area contributed by atoms with Crippen molar-refractivity contribution in [1.29, 1.82) is 0 Å². The van der Waals surface area contributed by atoms with Crippen LogP contribution in [0.2, 0.25) is 5.02 Å². The lowest BCUT2D eigenvalue weighted by Gasteiger charge is -2.11. The predicted molar refractivity (Wildman–Crippen MR) is 102 cm³/mol. The van der Waals surface area contributed by atoms with Crippen LogP contribution < -0.4 is 10.6 Å². The average molecular weight is 371 g/mol. The van der Waals surface area contributed by atoms with Crippen molar-refractivity contribution < 1.29 is 9.53 Å². The first-order chi connectivity index (χ1) is 10.9. The van der Waals surface area contributed by atoms with Crippen molar-refractivity contribution in [3.05, 3.63) is 28.1 Å². The molecule has 0 bridgehead atoms. The maximum Gasteiger partial charge on any atom is 0.349 e. The molecular weight excluding hydrogens is 352 g/mol. The zero-order valence-corrected chi connectivity index (χ0v) is 15.6. The summed E-state index contributed by atoms with van der Waals surface area (Å²) in [6, 6.07) is 5.69. The van der Waals surface area contributed by atoms with Crippen molar-refractivity contribution in [2.75, 3.05) is 19.0 Å². The molecule has 0 saturated carbocycles. The number of ether oxygens (including phenoxy) is 1. The van der Waals surface area contributed by atoms with Gasteiger partial charge in [0.05, 0.1) is 12.1 Å². The third-order valence-electron chi connectivity index (χ3n) is 3.27. The Morgan fingerprint density at radius 3 is 2.83 bits per heavy atom. The molecule has 23 heavy (non-hydrogen) atoms. The van der Waals surface area contributed by atoms with E-state index in [0.717, 1.165) is 28.7 Å². The molecule has 0 spiro atoms. The molecule has 0 aliphatic carbocycles. The molecule has 2 rings (SSSR count). The number of carbonyl (C=O) groups is 1. The summed E-state index contributed by atoms with van der Waals surface area (Å²) in [7, 11) is 1.34. The summed E-state index contributed by atoms with van der Waals surface area (Å²) < 4.78 is 5.65. The lowest BCUT2D eigenvalue weighted by atomic mass is 10.1. The Morgan fingerprint density at radius 1 is 1.43 bits per heavy atom. The van der Waals surface area contributed by atoms with E-state index in [-0.39, 0.29) is 0 Å². The Bertz CT molecular complexity index is 728. The van der Waals surface area contributed by atoms with Gasteiger partial charge in [-0.25, -0.2) is 4.79 Å². The van der Waals surface area contributed by atoms with E-state index in [2.05, 4.69) is 24.5 Å². The average Bonchev–Trinajstić information content (AvgIpc) is 2.82. The summed E-state index contributed by atoms with van der Waals surface area (Å²) in [5.74, 6) is 0.211. The molecule has 1 aromatic carbocycles. The Balaban J connectivity index is 2.11. The van der Waals surface area contributed by atoms with E-state index in [1.54, 1.807) is 0 Å². The summed E-state index contributed by atoms with van der Waals surface area (Å²) in [6.45, 7) is 5.18. The van der Waals surface area contributed by atoms with Crippen LogP contribution in [0.3, 0.4) is 0 Å². The monoisotopic (exact) mass is 370 g/mol. The van der Waals surface area contributed by atoms with Gasteiger partial charge in [-0.15, -0.1) is 11.3 Å². The number of halogens is 1.